The Bertz CT molecular complexity index is 1190. The molecule has 2 aliphatic rings. The molecule has 1 saturated heterocycles. The first-order chi connectivity index (χ1) is 15.6. The van der Waals surface area contributed by atoms with E-state index in [1.807, 2.05) is 18.2 Å². The molecule has 0 amide bonds. The van der Waals surface area contributed by atoms with Crippen molar-refractivity contribution in [1.82, 2.24) is 9.97 Å². The van der Waals surface area contributed by atoms with Gasteiger partial charge in [0.15, 0.2) is 0 Å². The minimum atomic E-state index is 0.104. The average molecular weight is 434 g/mol. The maximum atomic E-state index is 10.7. The van der Waals surface area contributed by atoms with Crippen LogP contribution in [-0.4, -0.2) is 54.8 Å². The molecule has 3 aromatic rings. The van der Waals surface area contributed by atoms with Gasteiger partial charge in [-0.25, -0.2) is 4.98 Å². The molecule has 1 aromatic heterocycles. The normalized spacial score (nSPS) is 16.9. The topological polar surface area (TPSA) is 97.7 Å². The molecule has 8 nitrogen and oxygen atoms in total. The van der Waals surface area contributed by atoms with Gasteiger partial charge in [0.1, 0.15) is 28.9 Å². The van der Waals surface area contributed by atoms with Crippen molar-refractivity contribution in [1.29, 1.82) is 5.41 Å². The van der Waals surface area contributed by atoms with Gasteiger partial charge in [0.25, 0.3) is 0 Å². The third-order valence-corrected chi connectivity index (χ3v) is 6.17. The number of rotatable bonds is 5. The number of fused-ring (bicyclic) bond motifs is 1. The lowest BCUT2D eigenvalue weighted by atomic mass is 10.1. The maximum Gasteiger partial charge on any atom is 0.145 e. The van der Waals surface area contributed by atoms with Gasteiger partial charge in [0, 0.05) is 37.0 Å². The van der Waals surface area contributed by atoms with E-state index in [-0.39, 0.29) is 18.1 Å². The minimum absolute atomic E-state index is 0.104. The van der Waals surface area contributed by atoms with E-state index in [1.54, 1.807) is 25.2 Å². The van der Waals surface area contributed by atoms with E-state index in [0.29, 0.717) is 28.6 Å². The van der Waals surface area contributed by atoms with Gasteiger partial charge in [0.05, 0.1) is 43.1 Å². The number of aromatic nitrogens is 2. The van der Waals surface area contributed by atoms with Crippen LogP contribution in [0, 0.1) is 5.41 Å². The summed E-state index contributed by atoms with van der Waals surface area (Å²) in [6, 6.07) is 11.6. The van der Waals surface area contributed by atoms with Crippen LogP contribution in [0.3, 0.4) is 0 Å². The number of amidine groups is 1. The summed E-state index contributed by atoms with van der Waals surface area (Å²) in [5.74, 6) is 2.01. The molecule has 0 radical (unpaired) electrons. The van der Waals surface area contributed by atoms with Gasteiger partial charge in [-0.1, -0.05) is 0 Å². The van der Waals surface area contributed by atoms with Crippen LogP contribution in [-0.2, 0) is 0 Å². The molecule has 166 valence electrons. The molecular formula is C24H27N5O3. The summed E-state index contributed by atoms with van der Waals surface area (Å²) in [5.41, 5.74) is 4.00. The van der Waals surface area contributed by atoms with E-state index in [9.17, 15) is 5.11 Å². The Morgan fingerprint density at radius 3 is 2.38 bits per heavy atom. The van der Waals surface area contributed by atoms with E-state index < -0.39 is 0 Å². The van der Waals surface area contributed by atoms with Crippen molar-refractivity contribution < 1.29 is 14.6 Å². The average Bonchev–Trinajstić information content (AvgIpc) is 3.38. The number of imidazole rings is 1. The van der Waals surface area contributed by atoms with E-state index in [0.717, 1.165) is 24.1 Å². The third-order valence-electron chi connectivity index (χ3n) is 6.17. The van der Waals surface area contributed by atoms with Crippen molar-refractivity contribution in [2.75, 3.05) is 43.7 Å². The summed E-state index contributed by atoms with van der Waals surface area (Å²) in [6.07, 6.45) is 3.72. The molecule has 0 saturated carbocycles. The van der Waals surface area contributed by atoms with Crippen molar-refractivity contribution in [2.24, 2.45) is 0 Å². The number of piperidine rings is 1. The van der Waals surface area contributed by atoms with Gasteiger partial charge >= 0.3 is 0 Å². The van der Waals surface area contributed by atoms with Gasteiger partial charge in [-0.3, -0.25) is 5.41 Å². The minimum Gasteiger partial charge on any atom is -0.509 e. The molecule has 2 aliphatic heterocycles. The fraction of sp³-hybridized carbons (Fsp3) is 0.333. The first kappa shape index (κ1) is 20.2. The van der Waals surface area contributed by atoms with Crippen molar-refractivity contribution in [3.8, 4) is 11.5 Å². The van der Waals surface area contributed by atoms with Crippen molar-refractivity contribution in [3.63, 3.8) is 0 Å². The summed E-state index contributed by atoms with van der Waals surface area (Å²) >= 11 is 0. The zero-order valence-corrected chi connectivity index (χ0v) is 18.3. The molecule has 5 rings (SSSR count). The predicted octanol–water partition coefficient (Wildman–Crippen LogP) is 4.34. The van der Waals surface area contributed by atoms with Crippen molar-refractivity contribution >= 4 is 33.8 Å². The number of benzene rings is 2. The van der Waals surface area contributed by atoms with Crippen LogP contribution in [0.15, 0.2) is 42.2 Å². The molecular weight excluding hydrogens is 406 g/mol. The van der Waals surface area contributed by atoms with Gasteiger partial charge in [-0.2, -0.15) is 0 Å². The number of methoxy groups -OCH3 is 2. The number of aliphatic hydroxyl groups is 1. The highest BCUT2D eigenvalue weighted by molar-refractivity contribution is 6.30. The third kappa shape index (κ3) is 3.51. The second kappa shape index (κ2) is 8.11. The van der Waals surface area contributed by atoms with Crippen LogP contribution in [0.25, 0.3) is 16.6 Å². The van der Waals surface area contributed by atoms with Crippen LogP contribution in [0.1, 0.15) is 25.1 Å². The zero-order valence-electron chi connectivity index (χ0n) is 18.3. The Morgan fingerprint density at radius 2 is 1.69 bits per heavy atom. The Labute approximate surface area is 186 Å². The van der Waals surface area contributed by atoms with Gasteiger partial charge in [-0.05, 0) is 37.5 Å². The fourth-order valence-corrected chi connectivity index (χ4v) is 4.46. The van der Waals surface area contributed by atoms with Gasteiger partial charge < -0.3 is 29.4 Å². The molecule has 32 heavy (non-hydrogen) atoms. The predicted molar refractivity (Wildman–Crippen MR) is 126 cm³/mol. The highest BCUT2D eigenvalue weighted by Gasteiger charge is 2.32. The van der Waals surface area contributed by atoms with Crippen LogP contribution in [0.2, 0.25) is 0 Å². The van der Waals surface area contributed by atoms with Crippen LogP contribution in [0.5, 0.6) is 11.5 Å². The van der Waals surface area contributed by atoms with Crippen molar-refractivity contribution in [3.05, 3.63) is 48.0 Å². The summed E-state index contributed by atoms with van der Waals surface area (Å²) in [6.45, 7) is 2.32. The molecule has 0 aliphatic carbocycles. The number of anilines is 2. The molecule has 0 bridgehead atoms. The monoisotopic (exact) mass is 433 g/mol. The largest absolute Gasteiger partial charge is 0.509 e. The lowest BCUT2D eigenvalue weighted by molar-refractivity contribution is 0.394. The number of ether oxygens (including phenoxy) is 2. The molecule has 2 aromatic carbocycles. The Morgan fingerprint density at radius 1 is 0.969 bits per heavy atom. The lowest BCUT2D eigenvalue weighted by Gasteiger charge is -2.28. The van der Waals surface area contributed by atoms with Crippen molar-refractivity contribution in [2.45, 2.75) is 19.3 Å². The molecule has 0 atom stereocenters. The summed E-state index contributed by atoms with van der Waals surface area (Å²) in [4.78, 5) is 12.1. The van der Waals surface area contributed by atoms with E-state index in [4.69, 9.17) is 14.9 Å². The number of hydrogen-bond acceptors (Lipinski definition) is 6. The fourth-order valence-electron chi connectivity index (χ4n) is 4.46. The molecule has 8 heteroatoms. The summed E-state index contributed by atoms with van der Waals surface area (Å²) in [5, 5.41) is 19.5. The summed E-state index contributed by atoms with van der Waals surface area (Å²) in [7, 11) is 3.17. The molecule has 0 unspecified atom stereocenters. The number of H-pyrrole nitrogens is 1. The SMILES string of the molecule is COc1cc(OC)cc(N2CC(O)=C(c3nc4ccc(N5CCCCC5)cc4[nH]3)C2=N)c1. The number of nitrogens with zero attached hydrogens (tertiary/aromatic N) is 3. The lowest BCUT2D eigenvalue weighted by Crippen LogP contribution is -2.29. The zero-order chi connectivity index (χ0) is 22.2. The van der Waals surface area contributed by atoms with Crippen LogP contribution < -0.4 is 19.3 Å². The van der Waals surface area contributed by atoms with Gasteiger partial charge in [0.2, 0.25) is 0 Å². The number of nitrogens with one attached hydrogen (secondary N) is 2. The number of aromatic amines is 1. The van der Waals surface area contributed by atoms with E-state index >= 15 is 0 Å². The Kier molecular flexibility index (Phi) is 5.13. The first-order valence-electron chi connectivity index (χ1n) is 10.8. The summed E-state index contributed by atoms with van der Waals surface area (Å²) < 4.78 is 10.7. The second-order valence-corrected chi connectivity index (χ2v) is 8.16. The molecule has 3 heterocycles. The Balaban J connectivity index is 1.45. The standard InChI is InChI=1S/C24H27N5O3/c1-31-17-10-16(11-18(13-17)32-2)29-14-21(30)22(23(29)25)24-26-19-7-6-15(12-20(19)27-24)28-8-4-3-5-9-28/h6-7,10-13,25,30H,3-5,8-9,14H2,1-2H3,(H,26,27). The highest BCUT2D eigenvalue weighted by atomic mass is 16.5. The second-order valence-electron chi connectivity index (χ2n) is 8.16. The smallest absolute Gasteiger partial charge is 0.145 e. The first-order valence-corrected chi connectivity index (χ1v) is 10.8. The Hall–Kier alpha value is -3.68. The van der Waals surface area contributed by atoms with Crippen LogP contribution in [0.4, 0.5) is 11.4 Å². The number of hydrogen-bond donors (Lipinski definition) is 3. The quantitative estimate of drug-likeness (QED) is 0.554. The number of aliphatic hydroxyl groups excluding tert-OH is 1. The maximum absolute atomic E-state index is 10.7. The highest BCUT2D eigenvalue weighted by Crippen LogP contribution is 2.35. The molecule has 3 N–H and O–H groups in total. The van der Waals surface area contributed by atoms with E-state index in [1.165, 1.54) is 24.9 Å². The van der Waals surface area contributed by atoms with E-state index in [2.05, 4.69) is 27.0 Å². The van der Waals surface area contributed by atoms with Crippen LogP contribution >= 0.6 is 0 Å². The van der Waals surface area contributed by atoms with Gasteiger partial charge in [-0.15, -0.1) is 0 Å². The molecule has 1 fully saturated rings. The molecule has 0 spiro atoms.